The largest absolute Gasteiger partial charge is 0.481 e. The molecule has 148 valence electrons. The minimum Gasteiger partial charge on any atom is -0.481 e. The number of carboxylic acid groups (broad SMARTS) is 2. The maximum Gasteiger partial charge on any atom is 0.328 e. The number of aliphatic hydroxyl groups excluding tert-OH is 1. The number of hydrogen-bond acceptors (Lipinski definition) is 6. The zero-order valence-corrected chi connectivity index (χ0v) is 14.5. The Morgan fingerprint density at radius 1 is 0.963 bits per heavy atom. The van der Waals surface area contributed by atoms with Gasteiger partial charge >= 0.3 is 11.9 Å². The highest BCUT2D eigenvalue weighted by Crippen LogP contribution is 2.05. The summed E-state index contributed by atoms with van der Waals surface area (Å²) in [6, 6.07) is 4.87. The van der Waals surface area contributed by atoms with Gasteiger partial charge in [-0.25, -0.2) is 4.79 Å². The van der Waals surface area contributed by atoms with E-state index in [9.17, 15) is 19.2 Å². The van der Waals surface area contributed by atoms with Gasteiger partial charge in [-0.15, -0.1) is 0 Å². The number of nitrogens with two attached hydrogens (primary N) is 1. The zero-order chi connectivity index (χ0) is 20.4. The Bertz CT molecular complexity index is 666. The summed E-state index contributed by atoms with van der Waals surface area (Å²) in [4.78, 5) is 46.2. The summed E-state index contributed by atoms with van der Waals surface area (Å²) >= 11 is 0. The summed E-state index contributed by atoms with van der Waals surface area (Å²) in [5, 5.41) is 31.2. The second kappa shape index (κ2) is 10.9. The monoisotopic (exact) mass is 381 g/mol. The quantitative estimate of drug-likeness (QED) is 0.267. The molecule has 0 aromatic heterocycles. The Morgan fingerprint density at radius 3 is 2.07 bits per heavy atom. The van der Waals surface area contributed by atoms with Crippen LogP contribution in [0.2, 0.25) is 0 Å². The molecule has 0 aliphatic heterocycles. The highest BCUT2D eigenvalue weighted by Gasteiger charge is 2.28. The van der Waals surface area contributed by atoms with E-state index in [1.165, 1.54) is 0 Å². The standard InChI is InChI=1S/C17H23N3O7/c18-11(6-7-14(22)23)15(24)19-12(8-10-4-2-1-3-5-10)16(25)20-13(9-21)17(26)27/h1-5,11-13,21H,6-9,18H2,(H,19,24)(H,20,25)(H,22,23)(H,26,27). The molecule has 10 heteroatoms. The second-order valence-corrected chi connectivity index (χ2v) is 5.87. The van der Waals surface area contributed by atoms with Gasteiger partial charge in [0.15, 0.2) is 0 Å². The van der Waals surface area contributed by atoms with Gasteiger partial charge in [-0.05, 0) is 12.0 Å². The van der Waals surface area contributed by atoms with Crippen LogP contribution in [0.5, 0.6) is 0 Å². The van der Waals surface area contributed by atoms with E-state index in [2.05, 4.69) is 10.6 Å². The van der Waals surface area contributed by atoms with E-state index in [4.69, 9.17) is 21.1 Å². The van der Waals surface area contributed by atoms with Crippen LogP contribution in [0.1, 0.15) is 18.4 Å². The van der Waals surface area contributed by atoms with Crippen LogP contribution < -0.4 is 16.4 Å². The van der Waals surface area contributed by atoms with Crippen molar-refractivity contribution in [2.75, 3.05) is 6.61 Å². The molecule has 2 amide bonds. The van der Waals surface area contributed by atoms with Gasteiger partial charge in [0, 0.05) is 12.8 Å². The fourth-order valence-corrected chi connectivity index (χ4v) is 2.21. The van der Waals surface area contributed by atoms with Crippen molar-refractivity contribution in [1.29, 1.82) is 0 Å². The third-order valence-electron chi connectivity index (χ3n) is 3.72. The normalized spacial score (nSPS) is 13.9. The predicted octanol–water partition coefficient (Wildman–Crippen LogP) is -1.53. The summed E-state index contributed by atoms with van der Waals surface area (Å²) in [5.74, 6) is -4.07. The number of carboxylic acids is 2. The lowest BCUT2D eigenvalue weighted by Gasteiger charge is -2.22. The summed E-state index contributed by atoms with van der Waals surface area (Å²) in [7, 11) is 0. The van der Waals surface area contributed by atoms with Gasteiger partial charge in [0.1, 0.15) is 12.1 Å². The maximum atomic E-state index is 12.4. The Hall–Kier alpha value is -2.98. The van der Waals surface area contributed by atoms with E-state index in [1.807, 2.05) is 0 Å². The lowest BCUT2D eigenvalue weighted by molar-refractivity contribution is -0.143. The molecule has 0 bridgehead atoms. The minimum absolute atomic E-state index is 0.0574. The number of amides is 2. The van der Waals surface area contributed by atoms with E-state index in [1.54, 1.807) is 30.3 Å². The van der Waals surface area contributed by atoms with E-state index in [0.29, 0.717) is 5.56 Å². The Kier molecular flexibility index (Phi) is 8.90. The first kappa shape index (κ1) is 22.1. The maximum absolute atomic E-state index is 12.4. The summed E-state index contributed by atoms with van der Waals surface area (Å²) in [6.45, 7) is -0.814. The van der Waals surface area contributed by atoms with Crippen molar-refractivity contribution in [3.63, 3.8) is 0 Å². The van der Waals surface area contributed by atoms with E-state index in [-0.39, 0.29) is 19.3 Å². The highest BCUT2D eigenvalue weighted by atomic mass is 16.4. The van der Waals surface area contributed by atoms with Crippen LogP contribution in [0.4, 0.5) is 0 Å². The molecule has 0 spiro atoms. The number of aliphatic hydroxyl groups is 1. The SMILES string of the molecule is NC(CCC(=O)O)C(=O)NC(Cc1ccccc1)C(=O)NC(CO)C(=O)O. The molecule has 0 aliphatic carbocycles. The topological polar surface area (TPSA) is 179 Å². The molecule has 0 saturated carbocycles. The van der Waals surface area contributed by atoms with Crippen molar-refractivity contribution in [2.45, 2.75) is 37.4 Å². The molecule has 27 heavy (non-hydrogen) atoms. The van der Waals surface area contributed by atoms with Crippen molar-refractivity contribution in [3.8, 4) is 0 Å². The summed E-state index contributed by atoms with van der Waals surface area (Å²) in [6.07, 6.45) is -0.368. The van der Waals surface area contributed by atoms with Gasteiger partial charge in [0.25, 0.3) is 0 Å². The van der Waals surface area contributed by atoms with Gasteiger partial charge < -0.3 is 31.7 Å². The van der Waals surface area contributed by atoms with Crippen LogP contribution in [0.3, 0.4) is 0 Å². The van der Waals surface area contributed by atoms with Crippen LogP contribution in [0.25, 0.3) is 0 Å². The highest BCUT2D eigenvalue weighted by molar-refractivity contribution is 5.92. The molecular weight excluding hydrogens is 358 g/mol. The minimum atomic E-state index is -1.52. The van der Waals surface area contributed by atoms with Crippen molar-refractivity contribution in [2.24, 2.45) is 5.73 Å². The molecule has 7 N–H and O–H groups in total. The molecule has 3 atom stereocenters. The van der Waals surface area contributed by atoms with Gasteiger partial charge in [0.05, 0.1) is 12.6 Å². The van der Waals surface area contributed by atoms with Gasteiger partial charge in [-0.3, -0.25) is 14.4 Å². The first-order valence-corrected chi connectivity index (χ1v) is 8.20. The number of hydrogen-bond donors (Lipinski definition) is 6. The van der Waals surface area contributed by atoms with E-state index < -0.39 is 48.5 Å². The fraction of sp³-hybridized carbons (Fsp3) is 0.412. The third kappa shape index (κ3) is 7.84. The fourth-order valence-electron chi connectivity index (χ4n) is 2.21. The van der Waals surface area contributed by atoms with E-state index >= 15 is 0 Å². The molecule has 1 rings (SSSR count). The molecule has 10 nitrogen and oxygen atoms in total. The second-order valence-electron chi connectivity index (χ2n) is 5.87. The Labute approximate surface area is 155 Å². The predicted molar refractivity (Wildman–Crippen MR) is 93.6 cm³/mol. The average Bonchev–Trinajstić information content (AvgIpc) is 2.63. The number of carbonyl (C=O) groups excluding carboxylic acids is 2. The number of rotatable bonds is 11. The number of aliphatic carboxylic acids is 2. The van der Waals surface area contributed by atoms with Crippen LogP contribution >= 0.6 is 0 Å². The van der Waals surface area contributed by atoms with Crippen LogP contribution in [0, 0.1) is 0 Å². The molecular formula is C17H23N3O7. The van der Waals surface area contributed by atoms with Crippen molar-refractivity contribution >= 4 is 23.8 Å². The number of benzene rings is 1. The summed E-state index contributed by atoms with van der Waals surface area (Å²) < 4.78 is 0. The van der Waals surface area contributed by atoms with Crippen molar-refractivity contribution in [3.05, 3.63) is 35.9 Å². The van der Waals surface area contributed by atoms with Crippen LogP contribution in [0.15, 0.2) is 30.3 Å². The molecule has 0 radical (unpaired) electrons. The smallest absolute Gasteiger partial charge is 0.328 e. The molecule has 0 aliphatic rings. The average molecular weight is 381 g/mol. The molecule has 3 unspecified atom stereocenters. The molecule has 0 heterocycles. The Balaban J connectivity index is 2.86. The third-order valence-corrected chi connectivity index (χ3v) is 3.72. The van der Waals surface area contributed by atoms with Crippen LogP contribution in [-0.4, -0.2) is 63.8 Å². The van der Waals surface area contributed by atoms with Gasteiger partial charge in [0.2, 0.25) is 11.8 Å². The molecule has 0 saturated heterocycles. The van der Waals surface area contributed by atoms with Gasteiger partial charge in [-0.2, -0.15) is 0 Å². The number of carbonyl (C=O) groups is 4. The van der Waals surface area contributed by atoms with Gasteiger partial charge in [-0.1, -0.05) is 30.3 Å². The summed E-state index contributed by atoms with van der Waals surface area (Å²) in [5.41, 5.74) is 6.34. The lowest BCUT2D eigenvalue weighted by atomic mass is 10.0. The zero-order valence-electron chi connectivity index (χ0n) is 14.5. The van der Waals surface area contributed by atoms with Crippen molar-refractivity contribution in [1.82, 2.24) is 10.6 Å². The number of nitrogens with one attached hydrogen (secondary N) is 2. The van der Waals surface area contributed by atoms with Crippen LogP contribution in [-0.2, 0) is 25.6 Å². The Morgan fingerprint density at radius 2 is 1.56 bits per heavy atom. The molecule has 1 aromatic carbocycles. The molecule has 0 fully saturated rings. The molecule has 1 aromatic rings. The first-order chi connectivity index (χ1) is 12.7. The first-order valence-electron chi connectivity index (χ1n) is 8.20. The van der Waals surface area contributed by atoms with Crippen molar-refractivity contribution < 1.29 is 34.5 Å². The lowest BCUT2D eigenvalue weighted by Crippen LogP contribution is -2.55. The van der Waals surface area contributed by atoms with E-state index in [0.717, 1.165) is 0 Å².